The Labute approximate surface area is 188 Å². The Morgan fingerprint density at radius 2 is 1.55 bits per heavy atom. The SMILES string of the molecule is CC(C)Sc1ccccc1C(=O)Nc1ccc(S(=O)(=O)N(C)Cc2ccccc2)cc1. The first-order valence-corrected chi connectivity index (χ1v) is 12.3. The normalized spacial score (nSPS) is 11.6. The molecule has 0 spiro atoms. The third-order valence-electron chi connectivity index (χ3n) is 4.56. The molecule has 0 aromatic heterocycles. The van der Waals surface area contributed by atoms with Gasteiger partial charge >= 0.3 is 0 Å². The van der Waals surface area contributed by atoms with Gasteiger partial charge in [0.1, 0.15) is 0 Å². The molecule has 162 valence electrons. The van der Waals surface area contributed by atoms with Gasteiger partial charge in [-0.15, -0.1) is 11.8 Å². The van der Waals surface area contributed by atoms with Crippen LogP contribution < -0.4 is 5.32 Å². The number of thioether (sulfide) groups is 1. The van der Waals surface area contributed by atoms with E-state index < -0.39 is 10.0 Å². The van der Waals surface area contributed by atoms with Gasteiger partial charge in [-0.05, 0) is 42.0 Å². The Kier molecular flexibility index (Phi) is 7.54. The minimum atomic E-state index is -3.64. The van der Waals surface area contributed by atoms with Gasteiger partial charge in [-0.3, -0.25) is 4.79 Å². The molecule has 1 N–H and O–H groups in total. The van der Waals surface area contributed by atoms with Crippen molar-refractivity contribution in [2.45, 2.75) is 35.4 Å². The van der Waals surface area contributed by atoms with Gasteiger partial charge in [0, 0.05) is 29.4 Å². The second-order valence-corrected chi connectivity index (χ2v) is 11.1. The summed E-state index contributed by atoms with van der Waals surface area (Å²) in [5.41, 5.74) is 2.05. The van der Waals surface area contributed by atoms with Gasteiger partial charge in [0.25, 0.3) is 5.91 Å². The first kappa shape index (κ1) is 23.1. The second kappa shape index (κ2) is 10.1. The Morgan fingerprint density at radius 1 is 0.935 bits per heavy atom. The first-order chi connectivity index (χ1) is 14.8. The molecule has 0 unspecified atom stereocenters. The average Bonchev–Trinajstić information content (AvgIpc) is 2.74. The maximum absolute atomic E-state index is 12.9. The van der Waals surface area contributed by atoms with Crippen molar-refractivity contribution in [1.82, 2.24) is 4.31 Å². The fourth-order valence-electron chi connectivity index (χ4n) is 3.03. The van der Waals surface area contributed by atoms with Crippen molar-refractivity contribution < 1.29 is 13.2 Å². The summed E-state index contributed by atoms with van der Waals surface area (Å²) in [7, 11) is -2.08. The van der Waals surface area contributed by atoms with Crippen molar-refractivity contribution in [3.63, 3.8) is 0 Å². The van der Waals surface area contributed by atoms with Crippen LogP contribution in [0.1, 0.15) is 29.8 Å². The molecule has 1 amide bonds. The zero-order valence-electron chi connectivity index (χ0n) is 17.8. The lowest BCUT2D eigenvalue weighted by Crippen LogP contribution is -2.26. The number of sulfonamides is 1. The fourth-order valence-corrected chi connectivity index (χ4v) is 5.14. The van der Waals surface area contributed by atoms with E-state index in [0.29, 0.717) is 16.5 Å². The molecule has 0 aliphatic heterocycles. The highest BCUT2D eigenvalue weighted by molar-refractivity contribution is 8.00. The summed E-state index contributed by atoms with van der Waals surface area (Å²) in [6.07, 6.45) is 0. The number of nitrogens with zero attached hydrogens (tertiary/aromatic N) is 1. The second-order valence-electron chi connectivity index (χ2n) is 7.39. The Morgan fingerprint density at radius 3 is 2.19 bits per heavy atom. The van der Waals surface area contributed by atoms with Crippen LogP contribution in [0.3, 0.4) is 0 Å². The summed E-state index contributed by atoms with van der Waals surface area (Å²) >= 11 is 1.63. The van der Waals surface area contributed by atoms with Gasteiger partial charge in [-0.25, -0.2) is 8.42 Å². The zero-order chi connectivity index (χ0) is 22.4. The minimum Gasteiger partial charge on any atom is -0.322 e. The van der Waals surface area contributed by atoms with Crippen LogP contribution in [-0.2, 0) is 16.6 Å². The molecule has 0 saturated carbocycles. The van der Waals surface area contributed by atoms with Gasteiger partial charge in [0.05, 0.1) is 10.5 Å². The number of amides is 1. The summed E-state index contributed by atoms with van der Waals surface area (Å²) in [6.45, 7) is 4.44. The summed E-state index contributed by atoms with van der Waals surface area (Å²) < 4.78 is 27.1. The number of carbonyl (C=O) groups is 1. The molecule has 31 heavy (non-hydrogen) atoms. The van der Waals surface area contributed by atoms with E-state index in [1.165, 1.54) is 16.4 Å². The molecule has 0 atom stereocenters. The number of carbonyl (C=O) groups excluding carboxylic acids is 1. The van der Waals surface area contributed by atoms with E-state index in [1.807, 2.05) is 48.5 Å². The van der Waals surface area contributed by atoms with Crippen molar-refractivity contribution >= 4 is 33.4 Å². The fraction of sp³-hybridized carbons (Fsp3) is 0.208. The molecule has 0 radical (unpaired) electrons. The highest BCUT2D eigenvalue weighted by Crippen LogP contribution is 2.27. The van der Waals surface area contributed by atoms with E-state index in [1.54, 1.807) is 37.0 Å². The third kappa shape index (κ3) is 5.97. The summed E-state index contributed by atoms with van der Waals surface area (Å²) in [5, 5.41) is 3.21. The lowest BCUT2D eigenvalue weighted by atomic mass is 10.2. The number of nitrogens with one attached hydrogen (secondary N) is 1. The van der Waals surface area contributed by atoms with Gasteiger partial charge in [0.15, 0.2) is 0 Å². The van der Waals surface area contributed by atoms with Crippen LogP contribution in [-0.4, -0.2) is 30.9 Å². The van der Waals surface area contributed by atoms with Crippen molar-refractivity contribution in [2.24, 2.45) is 0 Å². The maximum Gasteiger partial charge on any atom is 0.256 e. The lowest BCUT2D eigenvalue weighted by molar-refractivity contribution is 0.102. The topological polar surface area (TPSA) is 66.5 Å². The summed E-state index contributed by atoms with van der Waals surface area (Å²) in [4.78, 5) is 13.9. The monoisotopic (exact) mass is 454 g/mol. The third-order valence-corrected chi connectivity index (χ3v) is 7.46. The summed E-state index contributed by atoms with van der Waals surface area (Å²) in [5.74, 6) is -0.222. The Bertz CT molecular complexity index is 1130. The van der Waals surface area contributed by atoms with Gasteiger partial charge in [-0.2, -0.15) is 4.31 Å². The Hall–Kier alpha value is -2.61. The largest absolute Gasteiger partial charge is 0.322 e. The van der Waals surface area contributed by atoms with Crippen LogP contribution in [0.25, 0.3) is 0 Å². The molecule has 3 aromatic rings. The van der Waals surface area contributed by atoms with Gasteiger partial charge in [0.2, 0.25) is 10.0 Å². The van der Waals surface area contributed by atoms with E-state index in [9.17, 15) is 13.2 Å². The van der Waals surface area contributed by atoms with E-state index in [4.69, 9.17) is 0 Å². The van der Waals surface area contributed by atoms with Crippen LogP contribution in [0.5, 0.6) is 0 Å². The zero-order valence-corrected chi connectivity index (χ0v) is 19.4. The van der Waals surface area contributed by atoms with Crippen molar-refractivity contribution in [2.75, 3.05) is 12.4 Å². The molecular formula is C24H26N2O3S2. The predicted molar refractivity (Wildman–Crippen MR) is 127 cm³/mol. The minimum absolute atomic E-state index is 0.180. The van der Waals surface area contributed by atoms with E-state index in [2.05, 4.69) is 19.2 Å². The number of hydrogen-bond donors (Lipinski definition) is 1. The van der Waals surface area contributed by atoms with Crippen LogP contribution in [0.4, 0.5) is 5.69 Å². The van der Waals surface area contributed by atoms with E-state index >= 15 is 0 Å². The van der Waals surface area contributed by atoms with E-state index in [0.717, 1.165) is 10.5 Å². The number of hydrogen-bond acceptors (Lipinski definition) is 4. The highest BCUT2D eigenvalue weighted by Gasteiger charge is 2.21. The quantitative estimate of drug-likeness (QED) is 0.472. The molecule has 3 aromatic carbocycles. The van der Waals surface area contributed by atoms with Crippen molar-refractivity contribution in [3.8, 4) is 0 Å². The summed E-state index contributed by atoms with van der Waals surface area (Å²) in [6, 6.07) is 23.1. The molecule has 0 bridgehead atoms. The molecule has 0 aliphatic carbocycles. The number of anilines is 1. The molecule has 0 saturated heterocycles. The number of benzene rings is 3. The standard InChI is InChI=1S/C24H26N2O3S2/c1-18(2)30-23-12-8-7-11-22(23)24(27)25-20-13-15-21(16-14-20)31(28,29)26(3)17-19-9-5-4-6-10-19/h4-16,18H,17H2,1-3H3,(H,25,27). The van der Waals surface area contributed by atoms with Crippen molar-refractivity contribution in [1.29, 1.82) is 0 Å². The Balaban J connectivity index is 1.72. The van der Waals surface area contributed by atoms with Crippen molar-refractivity contribution in [3.05, 3.63) is 90.0 Å². The first-order valence-electron chi connectivity index (χ1n) is 9.95. The van der Waals surface area contributed by atoms with Crippen LogP contribution >= 0.6 is 11.8 Å². The van der Waals surface area contributed by atoms with Crippen LogP contribution in [0.15, 0.2) is 88.7 Å². The van der Waals surface area contributed by atoms with Gasteiger partial charge in [-0.1, -0.05) is 56.3 Å². The lowest BCUT2D eigenvalue weighted by Gasteiger charge is -2.17. The average molecular weight is 455 g/mol. The molecule has 0 fully saturated rings. The van der Waals surface area contributed by atoms with Gasteiger partial charge < -0.3 is 5.32 Å². The number of rotatable bonds is 8. The smallest absolute Gasteiger partial charge is 0.256 e. The predicted octanol–water partition coefficient (Wildman–Crippen LogP) is 5.26. The van der Waals surface area contributed by atoms with E-state index in [-0.39, 0.29) is 17.3 Å². The van der Waals surface area contributed by atoms with Crippen LogP contribution in [0.2, 0.25) is 0 Å². The molecule has 3 rings (SSSR count). The molecule has 7 heteroatoms. The maximum atomic E-state index is 12.9. The highest BCUT2D eigenvalue weighted by atomic mass is 32.2. The molecular weight excluding hydrogens is 428 g/mol. The van der Waals surface area contributed by atoms with Crippen LogP contribution in [0, 0.1) is 0 Å². The molecule has 0 heterocycles. The molecule has 5 nitrogen and oxygen atoms in total. The molecule has 0 aliphatic rings.